The van der Waals surface area contributed by atoms with E-state index < -0.39 is 0 Å². The summed E-state index contributed by atoms with van der Waals surface area (Å²) in [6.45, 7) is 3.05. The van der Waals surface area contributed by atoms with E-state index >= 15 is 0 Å². The maximum atomic E-state index is 5.92. The van der Waals surface area contributed by atoms with Crippen molar-refractivity contribution in [2.45, 2.75) is 18.4 Å². The van der Waals surface area contributed by atoms with Gasteiger partial charge in [-0.1, -0.05) is 24.6 Å². The fourth-order valence-electron chi connectivity index (χ4n) is 1.15. The molecule has 0 saturated heterocycles. The number of benzene rings is 1. The van der Waals surface area contributed by atoms with E-state index in [9.17, 15) is 0 Å². The molecule has 0 spiro atoms. The molecule has 3 heteroatoms. The highest BCUT2D eigenvalue weighted by atomic mass is 35.5. The molecule has 0 fully saturated rings. The quantitative estimate of drug-likeness (QED) is 0.775. The predicted molar refractivity (Wildman–Crippen MR) is 60.6 cm³/mol. The van der Waals surface area contributed by atoms with Crippen molar-refractivity contribution in [3.05, 3.63) is 28.8 Å². The van der Waals surface area contributed by atoms with Gasteiger partial charge >= 0.3 is 0 Å². The number of hydrogen-bond donors (Lipinski definition) is 1. The summed E-state index contributed by atoms with van der Waals surface area (Å²) in [6.07, 6.45) is 0. The molecule has 0 aliphatic heterocycles. The van der Waals surface area contributed by atoms with Gasteiger partial charge in [0.05, 0.1) is 0 Å². The monoisotopic (exact) mass is 215 g/mol. The summed E-state index contributed by atoms with van der Waals surface area (Å²) in [5, 5.41) is 3.96. The first-order valence-corrected chi connectivity index (χ1v) is 5.70. The van der Waals surface area contributed by atoms with Crippen molar-refractivity contribution < 1.29 is 0 Å². The molecule has 0 atom stereocenters. The molecule has 0 saturated carbocycles. The molecule has 0 bridgehead atoms. The molecular formula is C10H14ClNS. The first-order valence-electron chi connectivity index (χ1n) is 4.33. The molecule has 1 aromatic rings. The number of thioether (sulfide) groups is 1. The molecular weight excluding hydrogens is 202 g/mol. The fraction of sp³-hybridized carbons (Fsp3) is 0.400. The minimum Gasteiger partial charge on any atom is -0.316 e. The van der Waals surface area contributed by atoms with Gasteiger partial charge in [-0.3, -0.25) is 0 Å². The van der Waals surface area contributed by atoms with Crippen LogP contribution in [0, 0.1) is 0 Å². The Balaban J connectivity index is 2.89. The van der Waals surface area contributed by atoms with E-state index in [1.165, 1.54) is 10.5 Å². The Kier molecular flexibility index (Phi) is 4.64. The lowest BCUT2D eigenvalue weighted by atomic mass is 10.2. The van der Waals surface area contributed by atoms with E-state index in [2.05, 4.69) is 18.3 Å². The fourth-order valence-corrected chi connectivity index (χ4v) is 2.24. The topological polar surface area (TPSA) is 12.0 Å². The van der Waals surface area contributed by atoms with Gasteiger partial charge in [0.2, 0.25) is 0 Å². The Morgan fingerprint density at radius 3 is 2.85 bits per heavy atom. The lowest BCUT2D eigenvalue weighted by Gasteiger charge is -2.07. The summed E-state index contributed by atoms with van der Waals surface area (Å²) in [5.74, 6) is 1.08. The molecule has 1 nitrogen and oxygen atoms in total. The Morgan fingerprint density at radius 1 is 1.46 bits per heavy atom. The van der Waals surface area contributed by atoms with Gasteiger partial charge in [-0.15, -0.1) is 11.8 Å². The van der Waals surface area contributed by atoms with Crippen LogP contribution < -0.4 is 5.32 Å². The Morgan fingerprint density at radius 2 is 2.23 bits per heavy atom. The van der Waals surface area contributed by atoms with Crippen LogP contribution in [-0.4, -0.2) is 12.8 Å². The molecule has 0 aliphatic carbocycles. The van der Waals surface area contributed by atoms with Crippen LogP contribution >= 0.6 is 23.4 Å². The van der Waals surface area contributed by atoms with Crippen LogP contribution in [0.2, 0.25) is 5.02 Å². The van der Waals surface area contributed by atoms with E-state index in [1.807, 2.05) is 30.9 Å². The van der Waals surface area contributed by atoms with Crippen LogP contribution in [0.15, 0.2) is 23.1 Å². The zero-order chi connectivity index (χ0) is 9.68. The smallest absolute Gasteiger partial charge is 0.0417 e. The second-order valence-electron chi connectivity index (χ2n) is 2.72. The van der Waals surface area contributed by atoms with Gasteiger partial charge in [0.15, 0.2) is 0 Å². The summed E-state index contributed by atoms with van der Waals surface area (Å²) < 4.78 is 0. The van der Waals surface area contributed by atoms with E-state index in [-0.39, 0.29) is 0 Å². The van der Waals surface area contributed by atoms with Gasteiger partial charge < -0.3 is 5.32 Å². The molecule has 1 N–H and O–H groups in total. The maximum absolute atomic E-state index is 5.92. The number of rotatable bonds is 4. The number of nitrogens with one attached hydrogen (secondary N) is 1. The summed E-state index contributed by atoms with van der Waals surface area (Å²) in [6, 6.07) is 6.05. The normalized spacial score (nSPS) is 10.4. The van der Waals surface area contributed by atoms with Crippen LogP contribution in [0.5, 0.6) is 0 Å². The van der Waals surface area contributed by atoms with Gasteiger partial charge in [-0.05, 0) is 30.5 Å². The minimum atomic E-state index is 0.816. The summed E-state index contributed by atoms with van der Waals surface area (Å²) in [5.41, 5.74) is 1.32. The summed E-state index contributed by atoms with van der Waals surface area (Å²) in [7, 11) is 1.95. The predicted octanol–water partition coefficient (Wildman–Crippen LogP) is 3.17. The van der Waals surface area contributed by atoms with E-state index in [0.29, 0.717) is 0 Å². The SMILES string of the molecule is CCSc1cc(Cl)ccc1CNC. The standard InChI is InChI=1S/C10H14ClNS/c1-3-13-10-6-9(11)5-4-8(10)7-12-2/h4-6,12H,3,7H2,1-2H3. The first kappa shape index (κ1) is 10.9. The molecule has 1 rings (SSSR count). The molecule has 13 heavy (non-hydrogen) atoms. The van der Waals surface area contributed by atoms with E-state index in [4.69, 9.17) is 11.6 Å². The van der Waals surface area contributed by atoms with Crippen molar-refractivity contribution >= 4 is 23.4 Å². The highest BCUT2D eigenvalue weighted by molar-refractivity contribution is 7.99. The van der Waals surface area contributed by atoms with Gasteiger partial charge in [0.1, 0.15) is 0 Å². The van der Waals surface area contributed by atoms with Crippen LogP contribution in [0.4, 0.5) is 0 Å². The third-order valence-corrected chi connectivity index (χ3v) is 2.91. The van der Waals surface area contributed by atoms with Crippen molar-refractivity contribution in [1.82, 2.24) is 5.32 Å². The Hall–Kier alpha value is -0.180. The molecule has 0 radical (unpaired) electrons. The lowest BCUT2D eigenvalue weighted by molar-refractivity contribution is 0.803. The molecule has 0 heterocycles. The Labute approximate surface area is 88.9 Å². The number of hydrogen-bond acceptors (Lipinski definition) is 2. The highest BCUT2D eigenvalue weighted by Gasteiger charge is 2.01. The Bertz CT molecular complexity index is 276. The van der Waals surface area contributed by atoms with E-state index in [1.54, 1.807) is 0 Å². The molecule has 1 aromatic carbocycles. The zero-order valence-corrected chi connectivity index (χ0v) is 9.50. The van der Waals surface area contributed by atoms with Crippen molar-refractivity contribution in [1.29, 1.82) is 0 Å². The van der Waals surface area contributed by atoms with Crippen LogP contribution in [0.3, 0.4) is 0 Å². The minimum absolute atomic E-state index is 0.816. The molecule has 0 aliphatic rings. The molecule has 72 valence electrons. The second kappa shape index (κ2) is 5.53. The largest absolute Gasteiger partial charge is 0.316 e. The van der Waals surface area contributed by atoms with Gasteiger partial charge in [-0.2, -0.15) is 0 Å². The third kappa shape index (κ3) is 3.22. The first-order chi connectivity index (χ1) is 6.27. The lowest BCUT2D eigenvalue weighted by Crippen LogP contribution is -2.06. The summed E-state index contributed by atoms with van der Waals surface area (Å²) in [4.78, 5) is 1.28. The summed E-state index contributed by atoms with van der Waals surface area (Å²) >= 11 is 7.75. The van der Waals surface area contributed by atoms with E-state index in [0.717, 1.165) is 17.3 Å². The maximum Gasteiger partial charge on any atom is 0.0417 e. The average Bonchev–Trinajstić information content (AvgIpc) is 2.10. The van der Waals surface area contributed by atoms with Gasteiger partial charge in [-0.25, -0.2) is 0 Å². The van der Waals surface area contributed by atoms with Crippen LogP contribution in [0.25, 0.3) is 0 Å². The zero-order valence-electron chi connectivity index (χ0n) is 7.93. The molecule has 0 aromatic heterocycles. The van der Waals surface area contributed by atoms with Gasteiger partial charge in [0, 0.05) is 16.5 Å². The van der Waals surface area contributed by atoms with Crippen LogP contribution in [-0.2, 0) is 6.54 Å². The molecule has 0 amide bonds. The second-order valence-corrected chi connectivity index (χ2v) is 4.46. The average molecular weight is 216 g/mol. The van der Waals surface area contributed by atoms with Crippen molar-refractivity contribution in [2.24, 2.45) is 0 Å². The molecule has 0 unspecified atom stereocenters. The highest BCUT2D eigenvalue weighted by Crippen LogP contribution is 2.25. The van der Waals surface area contributed by atoms with Crippen molar-refractivity contribution in [2.75, 3.05) is 12.8 Å². The van der Waals surface area contributed by atoms with Crippen LogP contribution in [0.1, 0.15) is 12.5 Å². The van der Waals surface area contributed by atoms with Gasteiger partial charge in [0.25, 0.3) is 0 Å². The van der Waals surface area contributed by atoms with Crippen molar-refractivity contribution in [3.63, 3.8) is 0 Å². The third-order valence-electron chi connectivity index (χ3n) is 1.70. The van der Waals surface area contributed by atoms with Crippen molar-refractivity contribution in [3.8, 4) is 0 Å². The number of halogens is 1.